The highest BCUT2D eigenvalue weighted by Gasteiger charge is 2.14. The van der Waals surface area contributed by atoms with Gasteiger partial charge in [0.2, 0.25) is 0 Å². The van der Waals surface area contributed by atoms with Crippen LogP contribution in [0.25, 0.3) is 0 Å². The second-order valence-electron chi connectivity index (χ2n) is 3.67. The molecular weight excluding hydrogens is 148 g/mol. The fourth-order valence-electron chi connectivity index (χ4n) is 1.70. The predicted octanol–water partition coefficient (Wildman–Crippen LogP) is 1.15. The maximum Gasteiger partial charge on any atom is -0.00147 e. The molecule has 12 heavy (non-hydrogen) atoms. The van der Waals surface area contributed by atoms with Crippen LogP contribution in [0.3, 0.4) is 0 Å². The third-order valence-electron chi connectivity index (χ3n) is 2.47. The molecule has 1 saturated heterocycles. The Hall–Kier alpha value is -0.340. The summed E-state index contributed by atoms with van der Waals surface area (Å²) in [5.74, 6) is 0.856. The van der Waals surface area contributed by atoms with Crippen molar-refractivity contribution in [2.75, 3.05) is 26.7 Å². The first-order chi connectivity index (χ1) is 5.83. The molecule has 1 aliphatic rings. The van der Waals surface area contributed by atoms with Crippen LogP contribution in [-0.4, -0.2) is 26.7 Å². The van der Waals surface area contributed by atoms with Crippen LogP contribution >= 0.6 is 0 Å². The van der Waals surface area contributed by atoms with Gasteiger partial charge in [0.05, 0.1) is 0 Å². The normalized spacial score (nSPS) is 22.9. The van der Waals surface area contributed by atoms with Crippen molar-refractivity contribution in [2.45, 2.75) is 19.3 Å². The van der Waals surface area contributed by atoms with Crippen LogP contribution in [0.2, 0.25) is 0 Å². The summed E-state index contributed by atoms with van der Waals surface area (Å²) < 4.78 is 0. The monoisotopic (exact) mass is 168 g/mol. The summed E-state index contributed by atoms with van der Waals surface area (Å²) in [5.41, 5.74) is 1.40. The highest BCUT2D eigenvalue weighted by atomic mass is 14.9. The van der Waals surface area contributed by atoms with Gasteiger partial charge in [-0.1, -0.05) is 12.2 Å². The van der Waals surface area contributed by atoms with Gasteiger partial charge in [-0.2, -0.15) is 0 Å². The molecule has 0 aromatic rings. The van der Waals surface area contributed by atoms with Gasteiger partial charge in [-0.3, -0.25) is 0 Å². The molecule has 1 unspecified atom stereocenters. The summed E-state index contributed by atoms with van der Waals surface area (Å²) in [6.07, 6.45) is 3.68. The SMILES string of the molecule is C=C(CCNC)CC1CCNC1. The lowest BCUT2D eigenvalue weighted by Crippen LogP contribution is -2.12. The van der Waals surface area contributed by atoms with Crippen molar-refractivity contribution in [3.8, 4) is 0 Å². The topological polar surface area (TPSA) is 24.1 Å². The van der Waals surface area contributed by atoms with Crippen LogP contribution in [0.15, 0.2) is 12.2 Å². The maximum absolute atomic E-state index is 4.09. The fraction of sp³-hybridized carbons (Fsp3) is 0.800. The Morgan fingerprint density at radius 3 is 3.08 bits per heavy atom. The Labute approximate surface area is 75.4 Å². The third-order valence-corrected chi connectivity index (χ3v) is 2.47. The summed E-state index contributed by atoms with van der Waals surface area (Å²) >= 11 is 0. The Balaban J connectivity index is 2.08. The van der Waals surface area contributed by atoms with Crippen LogP contribution in [0.5, 0.6) is 0 Å². The molecule has 2 N–H and O–H groups in total. The average Bonchev–Trinajstić information content (AvgIpc) is 2.53. The highest BCUT2D eigenvalue weighted by molar-refractivity contribution is 4.97. The van der Waals surface area contributed by atoms with Crippen LogP contribution in [-0.2, 0) is 0 Å². The largest absolute Gasteiger partial charge is 0.319 e. The number of rotatable bonds is 5. The van der Waals surface area contributed by atoms with Crippen molar-refractivity contribution < 1.29 is 0 Å². The van der Waals surface area contributed by atoms with Gasteiger partial charge < -0.3 is 10.6 Å². The first-order valence-electron chi connectivity index (χ1n) is 4.85. The van der Waals surface area contributed by atoms with Crippen molar-refractivity contribution in [1.82, 2.24) is 10.6 Å². The van der Waals surface area contributed by atoms with Crippen LogP contribution < -0.4 is 10.6 Å². The average molecular weight is 168 g/mol. The quantitative estimate of drug-likeness (QED) is 0.602. The molecule has 1 fully saturated rings. The van der Waals surface area contributed by atoms with Crippen LogP contribution in [0.1, 0.15) is 19.3 Å². The summed E-state index contributed by atoms with van der Waals surface area (Å²) in [4.78, 5) is 0. The van der Waals surface area contributed by atoms with Gasteiger partial charge >= 0.3 is 0 Å². The summed E-state index contributed by atoms with van der Waals surface area (Å²) in [6.45, 7) is 7.55. The first kappa shape index (κ1) is 9.75. The highest BCUT2D eigenvalue weighted by Crippen LogP contribution is 2.18. The lowest BCUT2D eigenvalue weighted by Gasteiger charge is -2.10. The van der Waals surface area contributed by atoms with E-state index < -0.39 is 0 Å². The van der Waals surface area contributed by atoms with Gasteiger partial charge in [0, 0.05) is 0 Å². The molecule has 0 aromatic carbocycles. The molecule has 0 bridgehead atoms. The van der Waals surface area contributed by atoms with E-state index in [2.05, 4.69) is 17.2 Å². The zero-order valence-corrected chi connectivity index (χ0v) is 8.03. The van der Waals surface area contributed by atoms with E-state index in [1.54, 1.807) is 0 Å². The first-order valence-corrected chi connectivity index (χ1v) is 4.85. The van der Waals surface area contributed by atoms with Crippen molar-refractivity contribution >= 4 is 0 Å². The molecule has 0 amide bonds. The molecule has 0 aromatic heterocycles. The zero-order chi connectivity index (χ0) is 8.81. The lowest BCUT2D eigenvalue weighted by atomic mass is 9.98. The van der Waals surface area contributed by atoms with Crippen molar-refractivity contribution in [3.63, 3.8) is 0 Å². The molecule has 0 aliphatic carbocycles. The Bertz CT molecular complexity index is 137. The Kier molecular flexibility index (Phi) is 4.33. The maximum atomic E-state index is 4.09. The van der Waals surface area contributed by atoms with E-state index >= 15 is 0 Å². The van der Waals surface area contributed by atoms with Gasteiger partial charge in [-0.05, 0) is 51.9 Å². The molecule has 2 heteroatoms. The van der Waals surface area contributed by atoms with Crippen molar-refractivity contribution in [3.05, 3.63) is 12.2 Å². The van der Waals surface area contributed by atoms with Gasteiger partial charge in [0.1, 0.15) is 0 Å². The second-order valence-corrected chi connectivity index (χ2v) is 3.67. The van der Waals surface area contributed by atoms with E-state index in [1.165, 1.54) is 31.5 Å². The predicted molar refractivity (Wildman–Crippen MR) is 53.3 cm³/mol. The molecule has 0 saturated carbocycles. The molecule has 1 heterocycles. The van der Waals surface area contributed by atoms with Gasteiger partial charge in [0.25, 0.3) is 0 Å². The molecule has 0 radical (unpaired) electrons. The van der Waals surface area contributed by atoms with E-state index in [9.17, 15) is 0 Å². The number of nitrogens with one attached hydrogen (secondary N) is 2. The standard InChI is InChI=1S/C10H20N2/c1-9(3-5-11-2)7-10-4-6-12-8-10/h10-12H,1,3-8H2,2H3. The van der Waals surface area contributed by atoms with E-state index in [-0.39, 0.29) is 0 Å². The molecule has 1 atom stereocenters. The van der Waals surface area contributed by atoms with E-state index in [0.29, 0.717) is 0 Å². The van der Waals surface area contributed by atoms with E-state index in [1.807, 2.05) is 7.05 Å². The van der Waals surface area contributed by atoms with Crippen LogP contribution in [0.4, 0.5) is 0 Å². The van der Waals surface area contributed by atoms with E-state index in [4.69, 9.17) is 0 Å². The smallest absolute Gasteiger partial charge is 0.00147 e. The van der Waals surface area contributed by atoms with Gasteiger partial charge in [-0.25, -0.2) is 0 Å². The third kappa shape index (κ3) is 3.37. The number of hydrogen-bond donors (Lipinski definition) is 2. The van der Waals surface area contributed by atoms with Crippen molar-refractivity contribution in [1.29, 1.82) is 0 Å². The minimum atomic E-state index is 0.856. The molecule has 1 aliphatic heterocycles. The summed E-state index contributed by atoms with van der Waals surface area (Å²) in [6, 6.07) is 0. The summed E-state index contributed by atoms with van der Waals surface area (Å²) in [7, 11) is 1.99. The zero-order valence-electron chi connectivity index (χ0n) is 8.03. The minimum absolute atomic E-state index is 0.856. The fourth-order valence-corrected chi connectivity index (χ4v) is 1.70. The molecule has 0 spiro atoms. The van der Waals surface area contributed by atoms with E-state index in [0.717, 1.165) is 18.9 Å². The summed E-state index contributed by atoms with van der Waals surface area (Å²) in [5, 5.41) is 6.52. The Morgan fingerprint density at radius 1 is 1.67 bits per heavy atom. The van der Waals surface area contributed by atoms with Crippen molar-refractivity contribution in [2.24, 2.45) is 5.92 Å². The second kappa shape index (κ2) is 5.33. The minimum Gasteiger partial charge on any atom is -0.319 e. The molecule has 2 nitrogen and oxygen atoms in total. The van der Waals surface area contributed by atoms with Crippen LogP contribution in [0, 0.1) is 5.92 Å². The Morgan fingerprint density at radius 2 is 2.50 bits per heavy atom. The van der Waals surface area contributed by atoms with Gasteiger partial charge in [0.15, 0.2) is 0 Å². The molecule has 1 rings (SSSR count). The lowest BCUT2D eigenvalue weighted by molar-refractivity contribution is 0.563. The molecular formula is C10H20N2. The number of hydrogen-bond acceptors (Lipinski definition) is 2. The molecule has 70 valence electrons. The van der Waals surface area contributed by atoms with Gasteiger partial charge in [-0.15, -0.1) is 0 Å².